The van der Waals surface area contributed by atoms with Gasteiger partial charge in [-0.2, -0.15) is 0 Å². The van der Waals surface area contributed by atoms with Crippen LogP contribution in [0.1, 0.15) is 32.8 Å². The number of benzene rings is 1. The van der Waals surface area contributed by atoms with E-state index < -0.39 is 0 Å². The van der Waals surface area contributed by atoms with Crippen LogP contribution in [0, 0.1) is 0 Å². The van der Waals surface area contributed by atoms with Crippen molar-refractivity contribution in [1.29, 1.82) is 0 Å². The highest BCUT2D eigenvalue weighted by Gasteiger charge is 2.21. The van der Waals surface area contributed by atoms with Crippen LogP contribution in [0.4, 0.5) is 0 Å². The van der Waals surface area contributed by atoms with Crippen molar-refractivity contribution in [2.45, 2.75) is 38.9 Å². The number of hydrogen-bond donors (Lipinski definition) is 1. The topological polar surface area (TPSA) is 29.5 Å². The maximum atomic E-state index is 9.44. The first-order chi connectivity index (χ1) is 7.06. The van der Waals surface area contributed by atoms with Crippen LogP contribution in [0.25, 0.3) is 0 Å². The van der Waals surface area contributed by atoms with Crippen LogP contribution in [-0.2, 0) is 10.3 Å². The molecule has 2 heteroatoms. The third-order valence-electron chi connectivity index (χ3n) is 2.58. The molecule has 1 atom stereocenters. The van der Waals surface area contributed by atoms with E-state index in [1.165, 1.54) is 0 Å². The van der Waals surface area contributed by atoms with E-state index in [1.807, 2.05) is 51.1 Å². The van der Waals surface area contributed by atoms with Crippen molar-refractivity contribution < 1.29 is 9.84 Å². The fraction of sp³-hybridized carbons (Fsp3) is 0.538. The Labute approximate surface area is 91.9 Å². The highest BCUT2D eigenvalue weighted by molar-refractivity contribution is 5.20. The van der Waals surface area contributed by atoms with Crippen LogP contribution in [-0.4, -0.2) is 17.8 Å². The number of aliphatic hydroxyl groups excluding tert-OH is 1. The van der Waals surface area contributed by atoms with Gasteiger partial charge < -0.3 is 9.84 Å². The molecule has 1 aromatic rings. The summed E-state index contributed by atoms with van der Waals surface area (Å²) in [4.78, 5) is 0. The zero-order valence-corrected chi connectivity index (χ0v) is 9.73. The molecule has 0 radical (unpaired) electrons. The first-order valence-corrected chi connectivity index (χ1v) is 5.44. The van der Waals surface area contributed by atoms with Crippen molar-refractivity contribution in [3.05, 3.63) is 35.9 Å². The van der Waals surface area contributed by atoms with Crippen LogP contribution in [0.3, 0.4) is 0 Å². The second kappa shape index (κ2) is 5.29. The number of ether oxygens (including phenoxy) is 1. The first-order valence-electron chi connectivity index (χ1n) is 5.44. The highest BCUT2D eigenvalue weighted by atomic mass is 16.5. The van der Waals surface area contributed by atoms with E-state index in [9.17, 15) is 5.11 Å². The van der Waals surface area contributed by atoms with Crippen LogP contribution in [0.2, 0.25) is 0 Å². The molecule has 0 saturated carbocycles. The normalized spacial score (nSPS) is 13.9. The van der Waals surface area contributed by atoms with Gasteiger partial charge >= 0.3 is 0 Å². The molecular formula is C13H20O2. The minimum absolute atomic E-state index is 0.336. The molecule has 15 heavy (non-hydrogen) atoms. The number of aliphatic hydroxyl groups is 1. The lowest BCUT2D eigenvalue weighted by molar-refractivity contribution is -0.0636. The van der Waals surface area contributed by atoms with Gasteiger partial charge in [-0.1, -0.05) is 37.3 Å². The largest absolute Gasteiger partial charge is 0.391 e. The smallest absolute Gasteiger partial charge is 0.0876 e. The van der Waals surface area contributed by atoms with Crippen molar-refractivity contribution in [1.82, 2.24) is 0 Å². The summed E-state index contributed by atoms with van der Waals surface area (Å²) in [5.74, 6) is 0. The summed E-state index contributed by atoms with van der Waals surface area (Å²) in [5.41, 5.74) is 0.797. The lowest BCUT2D eigenvalue weighted by Crippen LogP contribution is -2.26. The lowest BCUT2D eigenvalue weighted by Gasteiger charge is -2.27. The fourth-order valence-corrected chi connectivity index (χ4v) is 1.35. The van der Waals surface area contributed by atoms with E-state index >= 15 is 0 Å². The Hall–Kier alpha value is -0.860. The second-order valence-electron chi connectivity index (χ2n) is 4.25. The van der Waals surface area contributed by atoms with Gasteiger partial charge in [-0.05, 0) is 25.8 Å². The predicted molar refractivity (Wildman–Crippen MR) is 61.7 cm³/mol. The number of rotatable bonds is 5. The van der Waals surface area contributed by atoms with Crippen molar-refractivity contribution >= 4 is 0 Å². The Morgan fingerprint density at radius 2 is 1.87 bits per heavy atom. The van der Waals surface area contributed by atoms with Gasteiger partial charge in [0.05, 0.1) is 18.3 Å². The van der Waals surface area contributed by atoms with Gasteiger partial charge in [0.15, 0.2) is 0 Å². The summed E-state index contributed by atoms with van der Waals surface area (Å²) in [6, 6.07) is 10.1. The quantitative estimate of drug-likeness (QED) is 0.806. The van der Waals surface area contributed by atoms with Crippen molar-refractivity contribution in [2.75, 3.05) is 6.61 Å². The van der Waals surface area contributed by atoms with Crippen molar-refractivity contribution in [3.63, 3.8) is 0 Å². The van der Waals surface area contributed by atoms with Gasteiger partial charge in [0.25, 0.3) is 0 Å². The molecule has 0 saturated heterocycles. The Bertz CT molecular complexity index is 280. The summed E-state index contributed by atoms with van der Waals surface area (Å²) in [7, 11) is 0. The van der Waals surface area contributed by atoms with Crippen molar-refractivity contribution in [2.24, 2.45) is 0 Å². The molecular weight excluding hydrogens is 188 g/mol. The molecule has 0 aromatic heterocycles. The van der Waals surface area contributed by atoms with E-state index in [2.05, 4.69) is 0 Å². The molecule has 0 heterocycles. The molecule has 0 aliphatic carbocycles. The minimum atomic E-state index is -0.368. The molecule has 1 unspecified atom stereocenters. The van der Waals surface area contributed by atoms with E-state index in [0.29, 0.717) is 6.61 Å². The zero-order valence-electron chi connectivity index (χ0n) is 9.73. The van der Waals surface area contributed by atoms with Gasteiger partial charge in [-0.15, -0.1) is 0 Å². The summed E-state index contributed by atoms with van der Waals surface area (Å²) in [6.45, 7) is 6.37. The maximum absolute atomic E-state index is 9.44. The van der Waals surface area contributed by atoms with Gasteiger partial charge in [-0.3, -0.25) is 0 Å². The van der Waals surface area contributed by atoms with Gasteiger partial charge in [-0.25, -0.2) is 0 Å². The lowest BCUT2D eigenvalue weighted by atomic mass is 9.98. The number of hydrogen-bond acceptors (Lipinski definition) is 2. The Kier molecular flexibility index (Phi) is 4.30. The summed E-state index contributed by atoms with van der Waals surface area (Å²) in [6.07, 6.45) is 0.359. The highest BCUT2D eigenvalue weighted by Crippen LogP contribution is 2.24. The van der Waals surface area contributed by atoms with Crippen LogP contribution >= 0.6 is 0 Å². The van der Waals surface area contributed by atoms with E-state index in [0.717, 1.165) is 12.0 Å². The van der Waals surface area contributed by atoms with Gasteiger partial charge in [0.2, 0.25) is 0 Å². The van der Waals surface area contributed by atoms with Gasteiger partial charge in [0.1, 0.15) is 0 Å². The summed E-state index contributed by atoms with van der Waals surface area (Å²) in [5, 5.41) is 9.44. The van der Waals surface area contributed by atoms with Crippen LogP contribution in [0.5, 0.6) is 0 Å². The van der Waals surface area contributed by atoms with Gasteiger partial charge in [0, 0.05) is 0 Å². The molecule has 0 bridgehead atoms. The second-order valence-corrected chi connectivity index (χ2v) is 4.25. The molecule has 0 spiro atoms. The molecule has 0 aliphatic rings. The third-order valence-corrected chi connectivity index (χ3v) is 2.58. The summed E-state index contributed by atoms with van der Waals surface area (Å²) < 4.78 is 5.72. The Morgan fingerprint density at radius 1 is 1.27 bits per heavy atom. The molecule has 0 fully saturated rings. The Morgan fingerprint density at radius 3 is 2.40 bits per heavy atom. The molecule has 2 nitrogen and oxygen atoms in total. The average molecular weight is 208 g/mol. The molecule has 84 valence electrons. The SMILES string of the molecule is CCC(O)COC(C)(C)c1ccccc1. The standard InChI is InChI=1S/C13H20O2/c1-4-12(14)10-15-13(2,3)11-8-6-5-7-9-11/h5-9,12,14H,4,10H2,1-3H3. The molecule has 0 aliphatic heterocycles. The summed E-state index contributed by atoms with van der Waals surface area (Å²) >= 11 is 0. The zero-order chi connectivity index (χ0) is 11.3. The molecule has 1 N–H and O–H groups in total. The van der Waals surface area contributed by atoms with E-state index in [-0.39, 0.29) is 11.7 Å². The molecule has 0 amide bonds. The Balaban J connectivity index is 2.59. The first kappa shape index (κ1) is 12.2. The van der Waals surface area contributed by atoms with E-state index in [4.69, 9.17) is 4.74 Å². The van der Waals surface area contributed by atoms with E-state index in [1.54, 1.807) is 0 Å². The van der Waals surface area contributed by atoms with Crippen LogP contribution in [0.15, 0.2) is 30.3 Å². The maximum Gasteiger partial charge on any atom is 0.0876 e. The predicted octanol–water partition coefficient (Wildman–Crippen LogP) is 2.71. The monoisotopic (exact) mass is 208 g/mol. The fourth-order valence-electron chi connectivity index (χ4n) is 1.35. The van der Waals surface area contributed by atoms with Crippen molar-refractivity contribution in [3.8, 4) is 0 Å². The molecule has 1 rings (SSSR count). The van der Waals surface area contributed by atoms with Crippen LogP contribution < -0.4 is 0 Å². The average Bonchev–Trinajstić information content (AvgIpc) is 2.27. The third kappa shape index (κ3) is 3.65. The molecule has 1 aromatic carbocycles. The minimum Gasteiger partial charge on any atom is -0.391 e.